The zero-order chi connectivity index (χ0) is 10.0. The summed E-state index contributed by atoms with van der Waals surface area (Å²) in [5.74, 6) is 0.150. The molecular formula is C7H7BrN2O3. The molecule has 1 rings (SSSR count). The number of benzene rings is 1. The van der Waals surface area contributed by atoms with Gasteiger partial charge in [0.25, 0.3) is 0 Å². The number of anilines is 1. The molecule has 2 N–H and O–H groups in total. The van der Waals surface area contributed by atoms with E-state index in [-0.39, 0.29) is 17.1 Å². The molecule has 0 amide bonds. The van der Waals surface area contributed by atoms with Crippen LogP contribution in [0.15, 0.2) is 16.6 Å². The molecule has 0 aliphatic rings. The Morgan fingerprint density at radius 1 is 1.62 bits per heavy atom. The molecule has 5 nitrogen and oxygen atoms in total. The van der Waals surface area contributed by atoms with E-state index in [4.69, 9.17) is 10.5 Å². The largest absolute Gasteiger partial charge is 0.490 e. The van der Waals surface area contributed by atoms with Crippen LogP contribution in [0, 0.1) is 10.1 Å². The molecule has 13 heavy (non-hydrogen) atoms. The summed E-state index contributed by atoms with van der Waals surface area (Å²) in [7, 11) is 1.36. The summed E-state index contributed by atoms with van der Waals surface area (Å²) in [5, 5.41) is 10.5. The van der Waals surface area contributed by atoms with Gasteiger partial charge in [0.05, 0.1) is 12.0 Å². The van der Waals surface area contributed by atoms with Gasteiger partial charge in [0.2, 0.25) is 0 Å². The highest BCUT2D eigenvalue weighted by atomic mass is 79.9. The Morgan fingerprint density at radius 2 is 2.23 bits per heavy atom. The molecule has 0 fully saturated rings. The maximum atomic E-state index is 10.5. The number of nitro benzene ring substituents is 1. The zero-order valence-electron chi connectivity index (χ0n) is 6.78. The van der Waals surface area contributed by atoms with Gasteiger partial charge in [-0.1, -0.05) is 15.9 Å². The Hall–Kier alpha value is -1.30. The molecule has 0 aromatic heterocycles. The number of rotatable bonds is 2. The summed E-state index contributed by atoms with van der Waals surface area (Å²) in [4.78, 5) is 9.97. The van der Waals surface area contributed by atoms with Crippen LogP contribution >= 0.6 is 15.9 Å². The van der Waals surface area contributed by atoms with E-state index in [2.05, 4.69) is 15.9 Å². The molecule has 0 saturated heterocycles. The Balaban J connectivity index is 3.38. The maximum absolute atomic E-state index is 10.5. The Morgan fingerprint density at radius 3 is 2.69 bits per heavy atom. The normalized spacial score (nSPS) is 9.69. The maximum Gasteiger partial charge on any atom is 0.333 e. The van der Waals surface area contributed by atoms with Crippen molar-refractivity contribution in [2.45, 2.75) is 0 Å². The third kappa shape index (κ3) is 1.89. The number of hydrogen-bond donors (Lipinski definition) is 1. The van der Waals surface area contributed by atoms with Gasteiger partial charge in [-0.3, -0.25) is 10.1 Å². The number of nitrogen functional groups attached to an aromatic ring is 1. The second-order valence-electron chi connectivity index (χ2n) is 2.30. The lowest BCUT2D eigenvalue weighted by Gasteiger charge is -2.04. The van der Waals surface area contributed by atoms with Gasteiger partial charge in [-0.25, -0.2) is 0 Å². The number of ether oxygens (including phenoxy) is 1. The first-order chi connectivity index (χ1) is 6.06. The van der Waals surface area contributed by atoms with Crippen molar-refractivity contribution >= 4 is 27.3 Å². The first-order valence-electron chi connectivity index (χ1n) is 3.33. The van der Waals surface area contributed by atoms with E-state index >= 15 is 0 Å². The lowest BCUT2D eigenvalue weighted by Crippen LogP contribution is -1.98. The Labute approximate surface area is 82.8 Å². The van der Waals surface area contributed by atoms with Crippen LogP contribution in [0.2, 0.25) is 0 Å². The van der Waals surface area contributed by atoms with Gasteiger partial charge in [0.1, 0.15) is 5.69 Å². The van der Waals surface area contributed by atoms with Gasteiger partial charge >= 0.3 is 5.69 Å². The molecule has 1 aromatic rings. The summed E-state index contributed by atoms with van der Waals surface area (Å²) >= 11 is 3.15. The lowest BCUT2D eigenvalue weighted by atomic mass is 10.2. The van der Waals surface area contributed by atoms with Crippen molar-refractivity contribution in [1.29, 1.82) is 0 Å². The summed E-state index contributed by atoms with van der Waals surface area (Å²) in [6.45, 7) is 0. The number of methoxy groups -OCH3 is 1. The highest BCUT2D eigenvalue weighted by Crippen LogP contribution is 2.35. The predicted molar refractivity (Wildman–Crippen MR) is 51.8 cm³/mol. The average Bonchev–Trinajstić information content (AvgIpc) is 2.01. The minimum Gasteiger partial charge on any atom is -0.490 e. The number of hydrogen-bond acceptors (Lipinski definition) is 4. The van der Waals surface area contributed by atoms with Gasteiger partial charge in [0.15, 0.2) is 5.75 Å². The first kappa shape index (κ1) is 9.79. The van der Waals surface area contributed by atoms with E-state index in [1.807, 2.05) is 0 Å². The molecule has 0 atom stereocenters. The van der Waals surface area contributed by atoms with Crippen LogP contribution in [0.25, 0.3) is 0 Å². The molecule has 0 aliphatic carbocycles. The number of nitro groups is 1. The molecule has 0 aliphatic heterocycles. The lowest BCUT2D eigenvalue weighted by molar-refractivity contribution is -0.384. The second-order valence-corrected chi connectivity index (χ2v) is 3.22. The minimum atomic E-state index is -0.569. The molecule has 0 saturated carbocycles. The van der Waals surface area contributed by atoms with E-state index in [1.54, 1.807) is 0 Å². The zero-order valence-corrected chi connectivity index (χ0v) is 8.37. The number of nitrogens with zero attached hydrogens (tertiary/aromatic N) is 1. The highest BCUT2D eigenvalue weighted by molar-refractivity contribution is 9.10. The van der Waals surface area contributed by atoms with Crippen LogP contribution in [-0.2, 0) is 0 Å². The van der Waals surface area contributed by atoms with E-state index in [0.717, 1.165) is 0 Å². The Bertz CT molecular complexity index is 354. The fourth-order valence-corrected chi connectivity index (χ4v) is 1.40. The Kier molecular flexibility index (Phi) is 2.72. The van der Waals surface area contributed by atoms with Crippen LogP contribution in [-0.4, -0.2) is 12.0 Å². The molecular weight excluding hydrogens is 240 g/mol. The summed E-state index contributed by atoms with van der Waals surface area (Å²) in [6, 6.07) is 2.95. The smallest absolute Gasteiger partial charge is 0.333 e. The molecule has 0 bridgehead atoms. The summed E-state index contributed by atoms with van der Waals surface area (Å²) in [6.07, 6.45) is 0. The average molecular weight is 247 g/mol. The van der Waals surface area contributed by atoms with Gasteiger partial charge in [0, 0.05) is 10.5 Å². The molecule has 0 radical (unpaired) electrons. The third-order valence-electron chi connectivity index (χ3n) is 1.47. The van der Waals surface area contributed by atoms with Crippen molar-refractivity contribution in [3.8, 4) is 5.75 Å². The standard InChI is InChI=1S/C7H7BrN2O3/c1-13-6-3-4(8)2-5(9)7(6)10(11)12/h2-3H,9H2,1H3. The van der Waals surface area contributed by atoms with E-state index < -0.39 is 4.92 Å². The summed E-state index contributed by atoms with van der Waals surface area (Å²) < 4.78 is 5.46. The summed E-state index contributed by atoms with van der Waals surface area (Å²) in [5.41, 5.74) is 5.32. The topological polar surface area (TPSA) is 78.4 Å². The number of nitrogens with two attached hydrogens (primary N) is 1. The second kappa shape index (κ2) is 3.61. The van der Waals surface area contributed by atoms with Crippen LogP contribution in [0.5, 0.6) is 5.75 Å². The SMILES string of the molecule is COc1cc(Br)cc(N)c1[N+](=O)[O-]. The van der Waals surface area contributed by atoms with Gasteiger partial charge < -0.3 is 10.5 Å². The van der Waals surface area contributed by atoms with Crippen LogP contribution in [0.3, 0.4) is 0 Å². The monoisotopic (exact) mass is 246 g/mol. The van der Waals surface area contributed by atoms with Crippen molar-refractivity contribution in [3.63, 3.8) is 0 Å². The molecule has 1 aromatic carbocycles. The van der Waals surface area contributed by atoms with Crippen LogP contribution in [0.4, 0.5) is 11.4 Å². The highest BCUT2D eigenvalue weighted by Gasteiger charge is 2.19. The molecule has 0 unspecified atom stereocenters. The van der Waals surface area contributed by atoms with Crippen molar-refractivity contribution in [2.75, 3.05) is 12.8 Å². The van der Waals surface area contributed by atoms with Crippen molar-refractivity contribution < 1.29 is 9.66 Å². The predicted octanol–water partition coefficient (Wildman–Crippen LogP) is 1.95. The number of halogens is 1. The molecule has 6 heteroatoms. The van der Waals surface area contributed by atoms with E-state index in [1.165, 1.54) is 19.2 Å². The fourth-order valence-electron chi connectivity index (χ4n) is 0.945. The van der Waals surface area contributed by atoms with Crippen LogP contribution in [0.1, 0.15) is 0 Å². The van der Waals surface area contributed by atoms with Gasteiger partial charge in [-0.05, 0) is 6.07 Å². The van der Waals surface area contributed by atoms with Gasteiger partial charge in [-0.2, -0.15) is 0 Å². The van der Waals surface area contributed by atoms with Crippen LogP contribution < -0.4 is 10.5 Å². The van der Waals surface area contributed by atoms with Gasteiger partial charge in [-0.15, -0.1) is 0 Å². The molecule has 70 valence electrons. The van der Waals surface area contributed by atoms with Crippen molar-refractivity contribution in [1.82, 2.24) is 0 Å². The minimum absolute atomic E-state index is 0.0798. The molecule has 0 heterocycles. The van der Waals surface area contributed by atoms with Crippen molar-refractivity contribution in [2.24, 2.45) is 0 Å². The van der Waals surface area contributed by atoms with E-state index in [0.29, 0.717) is 4.47 Å². The first-order valence-corrected chi connectivity index (χ1v) is 4.13. The third-order valence-corrected chi connectivity index (χ3v) is 1.93. The fraction of sp³-hybridized carbons (Fsp3) is 0.143. The molecule has 0 spiro atoms. The van der Waals surface area contributed by atoms with Crippen molar-refractivity contribution in [3.05, 3.63) is 26.7 Å². The quantitative estimate of drug-likeness (QED) is 0.492. The van der Waals surface area contributed by atoms with E-state index in [9.17, 15) is 10.1 Å².